The Morgan fingerprint density at radius 3 is 2.28 bits per heavy atom. The van der Waals surface area contributed by atoms with Gasteiger partial charge in [-0.25, -0.2) is 8.78 Å². The van der Waals surface area contributed by atoms with Crippen LogP contribution in [0.3, 0.4) is 0 Å². The number of amidine groups is 1. The molecule has 0 bridgehead atoms. The van der Waals surface area contributed by atoms with E-state index in [1.54, 1.807) is 52.1 Å². The highest BCUT2D eigenvalue weighted by atomic mass is 19.3. The van der Waals surface area contributed by atoms with Gasteiger partial charge in [-0.15, -0.1) is 0 Å². The molecule has 5 aliphatic heterocycles. The van der Waals surface area contributed by atoms with Gasteiger partial charge in [0, 0.05) is 113 Å². The first kappa shape index (κ1) is 44.3. The number of carbonyl (C=O) groups excluding carboxylic acids is 6. The SMILES string of the molecule is CNC(=O)C(CCC=O)N1C(=O)c2cc3c(cc2C1=O)CN(CC(=O)N1CCC(NC2=C(C(=N)N4CCCc5cc(-c6cnn(C)c6)c(C(F)F)cc54)CN(C(C)=O)CC2)CC1)CC3. The van der Waals surface area contributed by atoms with Crippen molar-refractivity contribution in [1.82, 2.24) is 40.0 Å². The van der Waals surface area contributed by atoms with E-state index in [9.17, 15) is 43.0 Å². The molecule has 0 saturated carbocycles. The smallest absolute Gasteiger partial charge is 0.264 e. The van der Waals surface area contributed by atoms with Gasteiger partial charge >= 0.3 is 0 Å². The van der Waals surface area contributed by atoms with Crippen molar-refractivity contribution in [2.45, 2.75) is 83.3 Å². The molecule has 0 aliphatic carbocycles. The molecular formula is C46H54F2N10O6. The fourth-order valence-electron chi connectivity index (χ4n) is 9.82. The van der Waals surface area contributed by atoms with Crippen molar-refractivity contribution in [2.75, 3.05) is 57.8 Å². The van der Waals surface area contributed by atoms with Gasteiger partial charge in [0.05, 0.1) is 30.4 Å². The van der Waals surface area contributed by atoms with Crippen LogP contribution in [0.1, 0.15) is 94.8 Å². The molecule has 1 aromatic heterocycles. The van der Waals surface area contributed by atoms with E-state index in [1.165, 1.54) is 20.0 Å². The minimum absolute atomic E-state index is 0.0112. The third kappa shape index (κ3) is 8.66. The number of likely N-dealkylation sites (N-methyl/N-ethyl adjacent to an activating group) is 1. The Kier molecular flexibility index (Phi) is 12.8. The first-order valence-electron chi connectivity index (χ1n) is 22.0. The number of imide groups is 1. The summed E-state index contributed by atoms with van der Waals surface area (Å²) in [4.78, 5) is 85.4. The zero-order valence-corrected chi connectivity index (χ0v) is 36.4. The van der Waals surface area contributed by atoms with Gasteiger partial charge in [-0.3, -0.25) is 43.9 Å². The van der Waals surface area contributed by atoms with Crippen LogP contribution in [0.5, 0.6) is 0 Å². The Labute approximate surface area is 370 Å². The first-order valence-corrected chi connectivity index (χ1v) is 22.0. The van der Waals surface area contributed by atoms with E-state index in [1.807, 2.05) is 9.80 Å². The summed E-state index contributed by atoms with van der Waals surface area (Å²) in [6.45, 7) is 4.90. The standard InChI is InChI=1S/C46H54F2N10O6/c1-27(60)56-16-11-38(37(25-56)43(49)57-12-4-6-29-19-33(31-22-51-53(3)23-31)34(42(47)48)21-40(29)57)52-32-9-14-55(15-10-32)41(61)26-54-13-8-28-18-35-36(20-30(28)24-54)46(64)58(45(35)63)39(7-5-17-59)44(62)50-2/h17-23,32,39,42,49,52H,4-16,24-26H2,1-3H3,(H,50,62). The number of likely N-dealkylation sites (tertiary alicyclic amines) is 1. The number of rotatable bonds is 12. The number of hydrogen-bond acceptors (Lipinski definition) is 10. The number of nitrogens with one attached hydrogen (secondary N) is 3. The number of hydrogen-bond donors (Lipinski definition) is 3. The monoisotopic (exact) mass is 880 g/mol. The minimum Gasteiger partial charge on any atom is -0.385 e. The number of benzene rings is 2. The second kappa shape index (κ2) is 18.4. The third-order valence-corrected chi connectivity index (χ3v) is 13.3. The van der Waals surface area contributed by atoms with Gasteiger partial charge in [-0.2, -0.15) is 5.10 Å². The highest BCUT2D eigenvalue weighted by molar-refractivity contribution is 6.23. The molecule has 0 spiro atoms. The lowest BCUT2D eigenvalue weighted by Gasteiger charge is -2.39. The predicted octanol–water partition coefficient (Wildman–Crippen LogP) is 3.59. The van der Waals surface area contributed by atoms with Crippen molar-refractivity contribution >= 4 is 47.3 Å². The molecule has 5 aliphatic rings. The zero-order valence-electron chi connectivity index (χ0n) is 36.4. The van der Waals surface area contributed by atoms with Crippen LogP contribution in [0.25, 0.3) is 11.1 Å². The summed E-state index contributed by atoms with van der Waals surface area (Å²) in [6.07, 6.45) is 5.07. The topological polar surface area (TPSA) is 184 Å². The number of aldehydes is 1. The first-order chi connectivity index (χ1) is 30.8. The van der Waals surface area contributed by atoms with Crippen LogP contribution < -0.4 is 15.5 Å². The van der Waals surface area contributed by atoms with E-state index in [0.29, 0.717) is 100 Å². The van der Waals surface area contributed by atoms with Gasteiger partial charge in [-0.05, 0) is 85.0 Å². The lowest BCUT2D eigenvalue weighted by molar-refractivity contribution is -0.133. The van der Waals surface area contributed by atoms with Crippen LogP contribution in [0.15, 0.2) is 47.9 Å². The molecule has 18 heteroatoms. The van der Waals surface area contributed by atoms with Gasteiger partial charge < -0.3 is 30.1 Å². The van der Waals surface area contributed by atoms with E-state index < -0.39 is 30.2 Å². The molecule has 64 heavy (non-hydrogen) atoms. The van der Waals surface area contributed by atoms with Crippen molar-refractivity contribution in [3.8, 4) is 11.1 Å². The summed E-state index contributed by atoms with van der Waals surface area (Å²) in [5, 5.41) is 19.9. The Bertz CT molecular complexity index is 2440. The summed E-state index contributed by atoms with van der Waals surface area (Å²) < 4.78 is 30.8. The van der Waals surface area contributed by atoms with Crippen LogP contribution in [0.4, 0.5) is 14.5 Å². The van der Waals surface area contributed by atoms with Crippen molar-refractivity contribution in [3.63, 3.8) is 0 Å². The molecule has 3 aromatic rings. The van der Waals surface area contributed by atoms with Gasteiger partial charge in [0.25, 0.3) is 18.2 Å². The Balaban J connectivity index is 0.920. The van der Waals surface area contributed by atoms with E-state index in [0.717, 1.165) is 33.7 Å². The molecule has 1 unspecified atom stereocenters. The highest BCUT2D eigenvalue weighted by Gasteiger charge is 2.43. The van der Waals surface area contributed by atoms with E-state index >= 15 is 0 Å². The van der Waals surface area contributed by atoms with Crippen LogP contribution in [-0.2, 0) is 45.6 Å². The number of aryl methyl sites for hydroxylation is 2. The number of carbonyl (C=O) groups is 6. The van der Waals surface area contributed by atoms with Crippen molar-refractivity contribution in [1.29, 1.82) is 5.41 Å². The lowest BCUT2D eigenvalue weighted by Crippen LogP contribution is -2.50. The van der Waals surface area contributed by atoms with Gasteiger partial charge in [0.2, 0.25) is 17.7 Å². The Morgan fingerprint density at radius 1 is 0.906 bits per heavy atom. The van der Waals surface area contributed by atoms with Crippen LogP contribution >= 0.6 is 0 Å². The lowest BCUT2D eigenvalue weighted by atomic mass is 9.92. The molecule has 16 nitrogen and oxygen atoms in total. The Morgan fingerprint density at radius 2 is 1.62 bits per heavy atom. The molecule has 8 rings (SSSR count). The number of halogens is 2. The number of nitrogens with zero attached hydrogens (tertiary/aromatic N) is 7. The largest absolute Gasteiger partial charge is 0.385 e. The maximum Gasteiger partial charge on any atom is 0.264 e. The van der Waals surface area contributed by atoms with E-state index in [4.69, 9.17) is 0 Å². The highest BCUT2D eigenvalue weighted by Crippen LogP contribution is 2.40. The number of aromatic nitrogens is 2. The Hall–Kier alpha value is -6.30. The quantitative estimate of drug-likeness (QED) is 0.105. The van der Waals surface area contributed by atoms with Crippen molar-refractivity contribution in [2.24, 2.45) is 7.05 Å². The van der Waals surface area contributed by atoms with Crippen molar-refractivity contribution < 1.29 is 37.5 Å². The van der Waals surface area contributed by atoms with Crippen molar-refractivity contribution in [3.05, 3.63) is 81.3 Å². The van der Waals surface area contributed by atoms with Crippen LogP contribution in [-0.4, -0.2) is 136 Å². The molecule has 0 radical (unpaired) electrons. The summed E-state index contributed by atoms with van der Waals surface area (Å²) in [5.41, 5.74) is 6.08. The second-order valence-corrected chi connectivity index (χ2v) is 17.3. The molecule has 1 saturated heterocycles. The summed E-state index contributed by atoms with van der Waals surface area (Å²) in [5.74, 6) is -1.59. The van der Waals surface area contributed by atoms with Gasteiger partial charge in [0.1, 0.15) is 18.2 Å². The number of fused-ring (bicyclic) bond motifs is 3. The summed E-state index contributed by atoms with van der Waals surface area (Å²) in [6, 6.07) is 5.65. The number of alkyl halides is 2. The maximum atomic E-state index is 14.6. The van der Waals surface area contributed by atoms with E-state index in [-0.39, 0.29) is 66.3 Å². The molecular weight excluding hydrogens is 827 g/mol. The zero-order chi connectivity index (χ0) is 45.4. The number of anilines is 1. The van der Waals surface area contributed by atoms with Gasteiger partial charge in [0.15, 0.2) is 0 Å². The summed E-state index contributed by atoms with van der Waals surface area (Å²) in [7, 11) is 3.16. The minimum atomic E-state index is -2.74. The van der Waals surface area contributed by atoms with Crippen LogP contribution in [0.2, 0.25) is 0 Å². The molecule has 2 aromatic carbocycles. The molecule has 6 heterocycles. The average Bonchev–Trinajstić information content (AvgIpc) is 3.83. The van der Waals surface area contributed by atoms with Gasteiger partial charge in [-0.1, -0.05) is 0 Å². The second-order valence-electron chi connectivity index (χ2n) is 17.3. The number of piperidine rings is 1. The fraction of sp³-hybridized carbons (Fsp3) is 0.478. The molecule has 5 amide bonds. The number of amides is 5. The summed E-state index contributed by atoms with van der Waals surface area (Å²) >= 11 is 0. The molecule has 338 valence electrons. The fourth-order valence-corrected chi connectivity index (χ4v) is 9.82. The molecule has 3 N–H and O–H groups in total. The van der Waals surface area contributed by atoms with E-state index in [2.05, 4.69) is 15.7 Å². The molecule has 1 atom stereocenters. The normalized spacial score (nSPS) is 18.5. The predicted molar refractivity (Wildman–Crippen MR) is 233 cm³/mol. The average molecular weight is 881 g/mol. The molecule has 1 fully saturated rings. The van der Waals surface area contributed by atoms with Crippen LogP contribution in [0, 0.1) is 5.41 Å². The third-order valence-electron chi connectivity index (χ3n) is 13.3. The maximum absolute atomic E-state index is 14.6.